The summed E-state index contributed by atoms with van der Waals surface area (Å²) in [6.07, 6.45) is -3.27. The number of carboxylic acids is 1. The summed E-state index contributed by atoms with van der Waals surface area (Å²) in [5.41, 5.74) is -0.614. The van der Waals surface area contributed by atoms with Gasteiger partial charge in [0.25, 0.3) is 0 Å². The van der Waals surface area contributed by atoms with Crippen molar-refractivity contribution in [2.24, 2.45) is 11.8 Å². The van der Waals surface area contributed by atoms with Crippen LogP contribution in [0.5, 0.6) is 0 Å². The molecule has 0 spiro atoms. The molecular weight excluding hydrogens is 251 g/mol. The molecule has 2 atom stereocenters. The maximum absolute atomic E-state index is 12.4. The molecule has 0 aromatic rings. The Morgan fingerprint density at radius 3 is 2.39 bits per heavy atom. The second-order valence-electron chi connectivity index (χ2n) is 4.55. The van der Waals surface area contributed by atoms with Gasteiger partial charge < -0.3 is 10.0 Å². The van der Waals surface area contributed by atoms with E-state index in [9.17, 15) is 22.8 Å². The van der Waals surface area contributed by atoms with Gasteiger partial charge in [-0.3, -0.25) is 9.59 Å². The van der Waals surface area contributed by atoms with Crippen molar-refractivity contribution in [3.05, 3.63) is 11.6 Å². The van der Waals surface area contributed by atoms with E-state index in [4.69, 9.17) is 5.11 Å². The highest BCUT2D eigenvalue weighted by molar-refractivity contribution is 5.89. The van der Waals surface area contributed by atoms with Crippen LogP contribution in [0.25, 0.3) is 0 Å². The molecule has 1 N–H and O–H groups in total. The molecule has 2 rings (SSSR count). The van der Waals surface area contributed by atoms with Gasteiger partial charge in [0, 0.05) is 18.7 Å². The van der Waals surface area contributed by atoms with Gasteiger partial charge in [-0.2, -0.15) is 13.2 Å². The smallest absolute Gasteiger partial charge is 0.412 e. The van der Waals surface area contributed by atoms with Crippen molar-refractivity contribution >= 4 is 11.9 Å². The average molecular weight is 263 g/mol. The van der Waals surface area contributed by atoms with E-state index in [1.807, 2.05) is 0 Å². The van der Waals surface area contributed by atoms with Crippen LogP contribution >= 0.6 is 0 Å². The Labute approximate surface area is 101 Å². The standard InChI is InChI=1S/C11H12F3NO3/c12-11(13,14)6-1-3-15(4-2-6)9(16)7-5-8(7)10(17)18/h1,7-8H,2-5H2,(H,17,18). The zero-order chi connectivity index (χ0) is 13.5. The van der Waals surface area contributed by atoms with Crippen LogP contribution in [0, 0.1) is 11.8 Å². The lowest BCUT2D eigenvalue weighted by molar-refractivity contribution is -0.142. The van der Waals surface area contributed by atoms with Crippen LogP contribution in [0.3, 0.4) is 0 Å². The molecule has 7 heteroatoms. The molecule has 1 saturated carbocycles. The molecule has 0 aromatic heterocycles. The largest absolute Gasteiger partial charge is 0.481 e. The van der Waals surface area contributed by atoms with Crippen LogP contribution in [0.4, 0.5) is 13.2 Å². The van der Waals surface area contributed by atoms with Gasteiger partial charge in [-0.05, 0) is 12.8 Å². The Morgan fingerprint density at radius 2 is 2.00 bits per heavy atom. The summed E-state index contributed by atoms with van der Waals surface area (Å²) in [5, 5.41) is 8.69. The van der Waals surface area contributed by atoms with Crippen LogP contribution < -0.4 is 0 Å². The molecule has 0 aromatic carbocycles. The van der Waals surface area contributed by atoms with Crippen molar-refractivity contribution in [3.63, 3.8) is 0 Å². The highest BCUT2D eigenvalue weighted by atomic mass is 19.4. The second kappa shape index (κ2) is 4.29. The Kier molecular flexibility index (Phi) is 3.08. The molecule has 1 aliphatic heterocycles. The van der Waals surface area contributed by atoms with E-state index < -0.39 is 29.6 Å². The van der Waals surface area contributed by atoms with Crippen molar-refractivity contribution in [1.29, 1.82) is 0 Å². The van der Waals surface area contributed by atoms with Gasteiger partial charge in [-0.15, -0.1) is 0 Å². The van der Waals surface area contributed by atoms with Gasteiger partial charge in [-0.25, -0.2) is 0 Å². The quantitative estimate of drug-likeness (QED) is 0.767. The van der Waals surface area contributed by atoms with E-state index >= 15 is 0 Å². The number of rotatable bonds is 2. The van der Waals surface area contributed by atoms with Gasteiger partial charge in [-0.1, -0.05) is 6.08 Å². The average Bonchev–Trinajstić information content (AvgIpc) is 3.07. The Bertz CT molecular complexity index is 416. The van der Waals surface area contributed by atoms with Crippen LogP contribution in [0.15, 0.2) is 11.6 Å². The summed E-state index contributed by atoms with van der Waals surface area (Å²) in [7, 11) is 0. The van der Waals surface area contributed by atoms with Gasteiger partial charge in [0.1, 0.15) is 0 Å². The van der Waals surface area contributed by atoms with Crippen molar-refractivity contribution in [2.75, 3.05) is 13.1 Å². The van der Waals surface area contributed by atoms with E-state index in [2.05, 4.69) is 0 Å². The normalized spacial score (nSPS) is 27.7. The Hall–Kier alpha value is -1.53. The number of aliphatic carboxylic acids is 1. The molecule has 0 radical (unpaired) electrons. The third-order valence-corrected chi connectivity index (χ3v) is 3.31. The third kappa shape index (κ3) is 2.49. The fourth-order valence-corrected chi connectivity index (χ4v) is 2.10. The van der Waals surface area contributed by atoms with Crippen LogP contribution in [-0.2, 0) is 9.59 Å². The number of nitrogens with zero attached hydrogens (tertiary/aromatic N) is 1. The first kappa shape index (κ1) is 12.9. The summed E-state index contributed by atoms with van der Waals surface area (Å²) in [4.78, 5) is 23.7. The fourth-order valence-electron chi connectivity index (χ4n) is 2.10. The summed E-state index contributed by atoms with van der Waals surface area (Å²) < 4.78 is 37.1. The van der Waals surface area contributed by atoms with E-state index in [0.29, 0.717) is 6.42 Å². The summed E-state index contributed by atoms with van der Waals surface area (Å²) in [6.45, 7) is -0.0798. The number of halogens is 3. The molecule has 0 bridgehead atoms. The van der Waals surface area contributed by atoms with E-state index in [1.165, 1.54) is 4.90 Å². The molecule has 1 heterocycles. The van der Waals surface area contributed by atoms with E-state index in [0.717, 1.165) is 6.08 Å². The number of alkyl halides is 3. The molecular formula is C11H12F3NO3. The Balaban J connectivity index is 1.93. The summed E-state index contributed by atoms with van der Waals surface area (Å²) >= 11 is 0. The molecule has 1 amide bonds. The lowest BCUT2D eigenvalue weighted by Gasteiger charge is -2.27. The monoisotopic (exact) mass is 263 g/mol. The van der Waals surface area contributed by atoms with Gasteiger partial charge >= 0.3 is 12.1 Å². The number of carbonyl (C=O) groups is 2. The minimum Gasteiger partial charge on any atom is -0.481 e. The Morgan fingerprint density at radius 1 is 1.33 bits per heavy atom. The molecule has 100 valence electrons. The van der Waals surface area contributed by atoms with Crippen molar-refractivity contribution in [2.45, 2.75) is 19.0 Å². The topological polar surface area (TPSA) is 57.6 Å². The zero-order valence-corrected chi connectivity index (χ0v) is 9.41. The first-order chi connectivity index (χ1) is 8.30. The number of carboxylic acid groups (broad SMARTS) is 1. The fraction of sp³-hybridized carbons (Fsp3) is 0.636. The zero-order valence-electron chi connectivity index (χ0n) is 9.41. The summed E-state index contributed by atoms with van der Waals surface area (Å²) in [5.74, 6) is -2.58. The van der Waals surface area contributed by atoms with Gasteiger partial charge in [0.05, 0.1) is 11.8 Å². The number of hydrogen-bond acceptors (Lipinski definition) is 2. The summed E-state index contributed by atoms with van der Waals surface area (Å²) in [6, 6.07) is 0. The molecule has 1 aliphatic carbocycles. The van der Waals surface area contributed by atoms with Crippen molar-refractivity contribution < 1.29 is 27.9 Å². The molecule has 0 saturated heterocycles. The van der Waals surface area contributed by atoms with Crippen molar-refractivity contribution in [3.8, 4) is 0 Å². The number of amides is 1. The minimum absolute atomic E-state index is 0.00696. The second-order valence-corrected chi connectivity index (χ2v) is 4.55. The van der Waals surface area contributed by atoms with Crippen molar-refractivity contribution in [1.82, 2.24) is 4.90 Å². The number of hydrogen-bond donors (Lipinski definition) is 1. The highest BCUT2D eigenvalue weighted by Crippen LogP contribution is 2.41. The predicted molar refractivity (Wildman–Crippen MR) is 54.6 cm³/mol. The lowest BCUT2D eigenvalue weighted by atomic mass is 10.1. The van der Waals surface area contributed by atoms with Crippen LogP contribution in [-0.4, -0.2) is 41.1 Å². The van der Waals surface area contributed by atoms with Gasteiger partial charge in [0.2, 0.25) is 5.91 Å². The first-order valence-electron chi connectivity index (χ1n) is 5.58. The maximum atomic E-state index is 12.4. The molecule has 18 heavy (non-hydrogen) atoms. The SMILES string of the molecule is O=C(O)C1CC1C(=O)N1CC=C(C(F)(F)F)CC1. The lowest BCUT2D eigenvalue weighted by Crippen LogP contribution is -2.38. The van der Waals surface area contributed by atoms with Crippen LogP contribution in [0.1, 0.15) is 12.8 Å². The predicted octanol–water partition coefficient (Wildman–Crippen LogP) is 1.43. The first-order valence-corrected chi connectivity index (χ1v) is 5.58. The molecule has 2 aliphatic rings. The van der Waals surface area contributed by atoms with Crippen LogP contribution in [0.2, 0.25) is 0 Å². The highest BCUT2D eigenvalue weighted by Gasteiger charge is 2.50. The molecule has 1 fully saturated rings. The van der Waals surface area contributed by atoms with E-state index in [1.54, 1.807) is 0 Å². The third-order valence-electron chi connectivity index (χ3n) is 3.31. The van der Waals surface area contributed by atoms with E-state index in [-0.39, 0.29) is 25.4 Å². The molecule has 4 nitrogen and oxygen atoms in total. The molecule has 2 unspecified atom stereocenters. The maximum Gasteiger partial charge on any atom is 0.412 e. The number of carbonyl (C=O) groups excluding carboxylic acids is 1. The van der Waals surface area contributed by atoms with Gasteiger partial charge in [0.15, 0.2) is 0 Å². The minimum atomic E-state index is -4.34.